The third-order valence-corrected chi connectivity index (χ3v) is 4.70. The van der Waals surface area contributed by atoms with E-state index in [-0.39, 0.29) is 28.3 Å². The summed E-state index contributed by atoms with van der Waals surface area (Å²) in [6, 6.07) is 16.4. The van der Waals surface area contributed by atoms with Gasteiger partial charge in [-0.2, -0.15) is 5.26 Å². The summed E-state index contributed by atoms with van der Waals surface area (Å²) in [5.41, 5.74) is 0.458. The zero-order valence-electron chi connectivity index (χ0n) is 15.6. The van der Waals surface area contributed by atoms with Crippen molar-refractivity contribution in [2.45, 2.75) is 0 Å². The van der Waals surface area contributed by atoms with Crippen LogP contribution < -0.4 is 10.1 Å². The van der Waals surface area contributed by atoms with E-state index in [9.17, 15) is 20.2 Å². The predicted molar refractivity (Wildman–Crippen MR) is 119 cm³/mol. The zero-order valence-corrected chi connectivity index (χ0v) is 17.7. The van der Waals surface area contributed by atoms with Gasteiger partial charge in [-0.05, 0) is 65.1 Å². The van der Waals surface area contributed by atoms with Crippen molar-refractivity contribution in [1.29, 1.82) is 5.26 Å². The molecular weight excluding hydrogens is 501 g/mol. The van der Waals surface area contributed by atoms with Crippen LogP contribution in [0, 0.1) is 25.0 Å². The molecule has 0 aliphatic rings. The van der Waals surface area contributed by atoms with Crippen molar-refractivity contribution in [3.8, 4) is 23.1 Å². The minimum atomic E-state index is -0.590. The fraction of sp³-hybridized carbons (Fsp3) is 0.0476. The number of nitro groups is 1. The Bertz CT molecular complexity index is 1190. The van der Waals surface area contributed by atoms with E-state index in [0.717, 1.165) is 3.57 Å². The summed E-state index contributed by atoms with van der Waals surface area (Å²) in [6.07, 6.45) is 1.28. The largest absolute Gasteiger partial charge is 0.497 e. The first-order valence-electron chi connectivity index (χ1n) is 8.52. The number of carbonyl (C=O) groups excluding carboxylic acids is 1. The van der Waals surface area contributed by atoms with Crippen LogP contribution in [0.4, 0.5) is 11.4 Å². The Balaban J connectivity index is 1.88. The first-order valence-corrected chi connectivity index (χ1v) is 9.60. The molecule has 150 valence electrons. The number of nitrogens with zero attached hydrogens (tertiary/aromatic N) is 2. The van der Waals surface area contributed by atoms with Crippen molar-refractivity contribution in [3.63, 3.8) is 0 Å². The maximum Gasteiger partial charge on any atom is 0.284 e. The number of nitriles is 1. The van der Waals surface area contributed by atoms with Gasteiger partial charge >= 0.3 is 0 Å². The van der Waals surface area contributed by atoms with Crippen LogP contribution in [0.5, 0.6) is 5.75 Å². The van der Waals surface area contributed by atoms with Crippen molar-refractivity contribution >= 4 is 45.9 Å². The average molecular weight is 515 g/mol. The smallest absolute Gasteiger partial charge is 0.284 e. The summed E-state index contributed by atoms with van der Waals surface area (Å²) in [5.74, 6) is 0.194. The van der Waals surface area contributed by atoms with Gasteiger partial charge in [0.15, 0.2) is 0 Å². The Morgan fingerprint density at radius 1 is 1.27 bits per heavy atom. The summed E-state index contributed by atoms with van der Waals surface area (Å²) in [6.45, 7) is 0. The summed E-state index contributed by atoms with van der Waals surface area (Å²) in [7, 11) is 1.42. The highest BCUT2D eigenvalue weighted by atomic mass is 127. The first-order chi connectivity index (χ1) is 14.4. The molecule has 0 saturated heterocycles. The molecule has 0 unspecified atom stereocenters. The van der Waals surface area contributed by atoms with Gasteiger partial charge in [0.1, 0.15) is 28.9 Å². The van der Waals surface area contributed by atoms with Crippen LogP contribution in [0.3, 0.4) is 0 Å². The number of rotatable bonds is 6. The molecule has 2 aromatic carbocycles. The average Bonchev–Trinajstić information content (AvgIpc) is 3.19. The first kappa shape index (κ1) is 21.1. The monoisotopic (exact) mass is 515 g/mol. The Morgan fingerprint density at radius 2 is 2.07 bits per heavy atom. The van der Waals surface area contributed by atoms with Gasteiger partial charge in [-0.3, -0.25) is 14.9 Å². The van der Waals surface area contributed by atoms with E-state index in [1.807, 2.05) is 12.1 Å². The van der Waals surface area contributed by atoms with E-state index in [2.05, 4.69) is 27.9 Å². The number of carbonyl (C=O) groups is 1. The Hall–Kier alpha value is -3.65. The number of methoxy groups -OCH3 is 1. The highest BCUT2D eigenvalue weighted by Gasteiger charge is 2.19. The molecular formula is C21H14IN3O5. The molecule has 1 N–H and O–H groups in total. The van der Waals surface area contributed by atoms with Crippen molar-refractivity contribution in [3.05, 3.63) is 79.6 Å². The molecule has 3 rings (SSSR count). The standard InChI is InChI=1S/C21H14IN3O5/c1-29-16-5-7-18(19(11-16)25(27)28)20-8-6-17(30-20)9-13(12-23)21(26)24-15-4-2-3-14(22)10-15/h2-11H,1H3,(H,24,26)/b13-9+. The van der Waals surface area contributed by atoms with E-state index >= 15 is 0 Å². The van der Waals surface area contributed by atoms with E-state index < -0.39 is 10.8 Å². The fourth-order valence-electron chi connectivity index (χ4n) is 2.63. The number of hydrogen-bond donors (Lipinski definition) is 1. The van der Waals surface area contributed by atoms with Crippen molar-refractivity contribution in [1.82, 2.24) is 0 Å². The summed E-state index contributed by atoms with van der Waals surface area (Å²) >= 11 is 2.12. The van der Waals surface area contributed by atoms with Crippen LogP contribution >= 0.6 is 22.6 Å². The molecule has 30 heavy (non-hydrogen) atoms. The van der Waals surface area contributed by atoms with Gasteiger partial charge in [-0.15, -0.1) is 0 Å². The van der Waals surface area contributed by atoms with Crippen LogP contribution in [0.25, 0.3) is 17.4 Å². The third-order valence-electron chi connectivity index (χ3n) is 4.03. The van der Waals surface area contributed by atoms with Crippen molar-refractivity contribution in [2.24, 2.45) is 0 Å². The van der Waals surface area contributed by atoms with Gasteiger partial charge in [0.05, 0.1) is 23.7 Å². The third kappa shape index (κ3) is 4.84. The lowest BCUT2D eigenvalue weighted by Gasteiger charge is -2.04. The zero-order chi connectivity index (χ0) is 21.7. The quantitative estimate of drug-likeness (QED) is 0.162. The number of ether oxygens (including phenoxy) is 1. The normalized spacial score (nSPS) is 10.9. The molecule has 0 radical (unpaired) electrons. The van der Waals surface area contributed by atoms with E-state index in [4.69, 9.17) is 9.15 Å². The number of anilines is 1. The molecule has 0 spiro atoms. The summed E-state index contributed by atoms with van der Waals surface area (Å²) in [5, 5.41) is 23.4. The number of nitro benzene ring substituents is 1. The van der Waals surface area contributed by atoms with Gasteiger partial charge < -0.3 is 14.5 Å². The van der Waals surface area contributed by atoms with Crippen LogP contribution in [-0.4, -0.2) is 17.9 Å². The van der Waals surface area contributed by atoms with Crippen LogP contribution in [-0.2, 0) is 4.79 Å². The highest BCUT2D eigenvalue weighted by Crippen LogP contribution is 2.34. The lowest BCUT2D eigenvalue weighted by molar-refractivity contribution is -0.384. The van der Waals surface area contributed by atoms with Crippen molar-refractivity contribution < 1.29 is 18.9 Å². The summed E-state index contributed by atoms with van der Waals surface area (Å²) in [4.78, 5) is 23.2. The van der Waals surface area contributed by atoms with Crippen LogP contribution in [0.1, 0.15) is 5.76 Å². The Morgan fingerprint density at radius 3 is 2.73 bits per heavy atom. The van der Waals surface area contributed by atoms with Crippen molar-refractivity contribution in [2.75, 3.05) is 12.4 Å². The number of halogens is 1. The molecule has 0 saturated carbocycles. The highest BCUT2D eigenvalue weighted by molar-refractivity contribution is 14.1. The number of furan rings is 1. The topological polar surface area (TPSA) is 118 Å². The molecule has 1 heterocycles. The Kier molecular flexibility index (Phi) is 6.48. The number of benzene rings is 2. The molecule has 3 aromatic rings. The maximum absolute atomic E-state index is 12.4. The Labute approximate surface area is 185 Å². The minimum Gasteiger partial charge on any atom is -0.497 e. The molecule has 0 aliphatic heterocycles. The number of hydrogen-bond acceptors (Lipinski definition) is 6. The second-order valence-electron chi connectivity index (χ2n) is 5.98. The van der Waals surface area contributed by atoms with Crippen LogP contribution in [0.15, 0.2) is 64.6 Å². The van der Waals surface area contributed by atoms with E-state index in [1.165, 1.54) is 37.5 Å². The minimum absolute atomic E-state index is 0.168. The van der Waals surface area contributed by atoms with Gasteiger partial charge in [0, 0.05) is 15.3 Å². The lowest BCUT2D eigenvalue weighted by atomic mass is 10.1. The predicted octanol–water partition coefficient (Wildman–Crippen LogP) is 5.01. The molecule has 9 heteroatoms. The number of nitrogens with one attached hydrogen (secondary N) is 1. The molecule has 0 aliphatic carbocycles. The molecule has 0 fully saturated rings. The fourth-order valence-corrected chi connectivity index (χ4v) is 3.17. The second-order valence-corrected chi connectivity index (χ2v) is 7.22. The van der Waals surface area contributed by atoms with E-state index in [0.29, 0.717) is 11.4 Å². The molecule has 1 aromatic heterocycles. The molecule has 8 nitrogen and oxygen atoms in total. The molecule has 0 atom stereocenters. The maximum atomic E-state index is 12.4. The van der Waals surface area contributed by atoms with Gasteiger partial charge in [-0.25, -0.2) is 0 Å². The van der Waals surface area contributed by atoms with Gasteiger partial charge in [0.2, 0.25) is 0 Å². The lowest BCUT2D eigenvalue weighted by Crippen LogP contribution is -2.13. The van der Waals surface area contributed by atoms with E-state index in [1.54, 1.807) is 24.3 Å². The van der Waals surface area contributed by atoms with Gasteiger partial charge in [0.25, 0.3) is 11.6 Å². The molecule has 1 amide bonds. The SMILES string of the molecule is COc1ccc(-c2ccc(/C=C(\C#N)C(=O)Nc3cccc(I)c3)o2)c([N+](=O)[O-])c1. The summed E-state index contributed by atoms with van der Waals surface area (Å²) < 4.78 is 11.6. The molecule has 0 bridgehead atoms. The number of amides is 1. The van der Waals surface area contributed by atoms with Crippen LogP contribution in [0.2, 0.25) is 0 Å². The second kappa shape index (κ2) is 9.23. The van der Waals surface area contributed by atoms with Gasteiger partial charge in [-0.1, -0.05) is 6.07 Å².